The highest BCUT2D eigenvalue weighted by Crippen LogP contribution is 2.27. The third-order valence-electron chi connectivity index (χ3n) is 3.76. The Morgan fingerprint density at radius 3 is 2.68 bits per heavy atom. The fourth-order valence-corrected chi connectivity index (χ4v) is 3.05. The van der Waals surface area contributed by atoms with E-state index in [1.54, 1.807) is 6.07 Å². The zero-order valence-electron chi connectivity index (χ0n) is 13.7. The van der Waals surface area contributed by atoms with E-state index in [4.69, 9.17) is 13.9 Å². The van der Waals surface area contributed by atoms with Gasteiger partial charge in [0.2, 0.25) is 0 Å². The standard InChI is InChI=1S/C19H17NO4S/c1-25(21,22)23-9-3-6-18-12-17-11-16(7-8-19(17)24-18)15-5-2-4-14(10-15)13-20/h2,4-5,7-8,10-12H,3,6,9H2,1H3. The maximum Gasteiger partial charge on any atom is 0.264 e. The van der Waals surface area contributed by atoms with Crippen molar-refractivity contribution >= 4 is 21.1 Å². The van der Waals surface area contributed by atoms with Crippen LogP contribution in [0.4, 0.5) is 0 Å². The fourth-order valence-electron chi connectivity index (χ4n) is 2.63. The van der Waals surface area contributed by atoms with Gasteiger partial charge in [0.15, 0.2) is 0 Å². The minimum absolute atomic E-state index is 0.141. The second kappa shape index (κ2) is 7.09. The lowest BCUT2D eigenvalue weighted by molar-refractivity contribution is 0.312. The van der Waals surface area contributed by atoms with Gasteiger partial charge in [0.25, 0.3) is 10.1 Å². The Hall–Kier alpha value is -2.62. The Kier molecular flexibility index (Phi) is 4.88. The van der Waals surface area contributed by atoms with E-state index in [2.05, 4.69) is 6.07 Å². The Morgan fingerprint density at radius 2 is 1.92 bits per heavy atom. The molecule has 0 atom stereocenters. The molecule has 0 spiro atoms. The van der Waals surface area contributed by atoms with Gasteiger partial charge in [0.1, 0.15) is 11.3 Å². The van der Waals surface area contributed by atoms with Gasteiger partial charge in [0, 0.05) is 11.8 Å². The number of benzene rings is 2. The first kappa shape index (κ1) is 17.2. The monoisotopic (exact) mass is 355 g/mol. The Bertz CT molecular complexity index is 1040. The van der Waals surface area contributed by atoms with Crippen molar-refractivity contribution < 1.29 is 17.0 Å². The van der Waals surface area contributed by atoms with Crippen LogP contribution in [0.15, 0.2) is 52.9 Å². The van der Waals surface area contributed by atoms with Crippen LogP contribution in [0.1, 0.15) is 17.7 Å². The van der Waals surface area contributed by atoms with Crippen molar-refractivity contribution in [3.05, 3.63) is 59.9 Å². The van der Waals surface area contributed by atoms with Crippen LogP contribution in [0.2, 0.25) is 0 Å². The van der Waals surface area contributed by atoms with Crippen LogP contribution in [0.3, 0.4) is 0 Å². The van der Waals surface area contributed by atoms with E-state index in [0.29, 0.717) is 18.4 Å². The maximum atomic E-state index is 10.9. The summed E-state index contributed by atoms with van der Waals surface area (Å²) in [6, 6.07) is 17.4. The number of aryl methyl sites for hydroxylation is 1. The van der Waals surface area contributed by atoms with Gasteiger partial charge in [-0.3, -0.25) is 4.18 Å². The predicted molar refractivity (Wildman–Crippen MR) is 95.5 cm³/mol. The van der Waals surface area contributed by atoms with Gasteiger partial charge in [0.05, 0.1) is 24.5 Å². The van der Waals surface area contributed by atoms with E-state index in [0.717, 1.165) is 34.1 Å². The van der Waals surface area contributed by atoms with Crippen LogP contribution < -0.4 is 0 Å². The van der Waals surface area contributed by atoms with Crippen molar-refractivity contribution in [2.24, 2.45) is 0 Å². The van der Waals surface area contributed by atoms with Gasteiger partial charge in [-0.25, -0.2) is 0 Å². The Labute approximate surface area is 146 Å². The second-order valence-corrected chi connectivity index (χ2v) is 7.43. The molecule has 0 aliphatic rings. The molecule has 3 rings (SSSR count). The minimum atomic E-state index is -3.40. The van der Waals surface area contributed by atoms with Crippen molar-refractivity contribution in [2.75, 3.05) is 12.9 Å². The highest BCUT2D eigenvalue weighted by atomic mass is 32.2. The number of furan rings is 1. The van der Waals surface area contributed by atoms with Crippen molar-refractivity contribution in [3.8, 4) is 17.2 Å². The van der Waals surface area contributed by atoms with Crippen LogP contribution in [0, 0.1) is 11.3 Å². The van der Waals surface area contributed by atoms with Crippen LogP contribution in [-0.2, 0) is 20.7 Å². The summed E-state index contributed by atoms with van der Waals surface area (Å²) in [6.45, 7) is 0.141. The Balaban J connectivity index is 1.76. The molecule has 1 aromatic heterocycles. The summed E-state index contributed by atoms with van der Waals surface area (Å²) in [4.78, 5) is 0. The summed E-state index contributed by atoms with van der Waals surface area (Å²) in [7, 11) is -3.40. The summed E-state index contributed by atoms with van der Waals surface area (Å²) in [5.74, 6) is 0.787. The third-order valence-corrected chi connectivity index (χ3v) is 4.35. The molecule has 0 unspecified atom stereocenters. The van der Waals surface area contributed by atoms with E-state index in [1.807, 2.05) is 42.5 Å². The van der Waals surface area contributed by atoms with Crippen molar-refractivity contribution in [1.82, 2.24) is 0 Å². The summed E-state index contributed by atoms with van der Waals surface area (Å²) in [6.07, 6.45) is 2.20. The number of rotatable bonds is 6. The molecule has 3 aromatic rings. The summed E-state index contributed by atoms with van der Waals surface area (Å²) < 4.78 is 32.4. The first-order valence-electron chi connectivity index (χ1n) is 7.82. The number of hydrogen-bond donors (Lipinski definition) is 0. The molecular formula is C19H17NO4S. The lowest BCUT2D eigenvalue weighted by atomic mass is 10.0. The zero-order valence-corrected chi connectivity index (χ0v) is 14.5. The van der Waals surface area contributed by atoms with Gasteiger partial charge in [-0.15, -0.1) is 0 Å². The number of nitrogens with zero attached hydrogens (tertiary/aromatic N) is 1. The number of nitriles is 1. The number of fused-ring (bicyclic) bond motifs is 1. The third kappa shape index (κ3) is 4.47. The van der Waals surface area contributed by atoms with E-state index in [-0.39, 0.29) is 6.61 Å². The molecule has 6 heteroatoms. The highest BCUT2D eigenvalue weighted by Gasteiger charge is 2.07. The molecule has 5 nitrogen and oxygen atoms in total. The maximum absolute atomic E-state index is 10.9. The number of hydrogen-bond acceptors (Lipinski definition) is 5. The Morgan fingerprint density at radius 1 is 1.12 bits per heavy atom. The average Bonchev–Trinajstić information content (AvgIpc) is 3.00. The van der Waals surface area contributed by atoms with Gasteiger partial charge in [-0.05, 0) is 47.9 Å². The van der Waals surface area contributed by atoms with E-state index >= 15 is 0 Å². The van der Waals surface area contributed by atoms with Crippen LogP contribution >= 0.6 is 0 Å². The molecular weight excluding hydrogens is 338 g/mol. The molecule has 0 aliphatic heterocycles. The molecule has 25 heavy (non-hydrogen) atoms. The molecule has 0 saturated carbocycles. The lowest BCUT2D eigenvalue weighted by Gasteiger charge is -2.01. The fraction of sp³-hybridized carbons (Fsp3) is 0.211. The van der Waals surface area contributed by atoms with Gasteiger partial charge in [-0.2, -0.15) is 13.7 Å². The van der Waals surface area contributed by atoms with Gasteiger partial charge < -0.3 is 4.42 Å². The first-order chi connectivity index (χ1) is 11.9. The zero-order chi connectivity index (χ0) is 17.9. The molecule has 0 saturated heterocycles. The van der Waals surface area contributed by atoms with Crippen molar-refractivity contribution in [1.29, 1.82) is 5.26 Å². The van der Waals surface area contributed by atoms with Crippen LogP contribution in [0.25, 0.3) is 22.1 Å². The highest BCUT2D eigenvalue weighted by molar-refractivity contribution is 7.85. The molecule has 128 valence electrons. The van der Waals surface area contributed by atoms with Gasteiger partial charge >= 0.3 is 0 Å². The molecule has 0 bridgehead atoms. The topological polar surface area (TPSA) is 80.3 Å². The molecule has 2 aromatic carbocycles. The summed E-state index contributed by atoms with van der Waals surface area (Å²) in [5, 5.41) is 10.00. The summed E-state index contributed by atoms with van der Waals surface area (Å²) in [5.41, 5.74) is 3.39. The first-order valence-corrected chi connectivity index (χ1v) is 9.64. The smallest absolute Gasteiger partial charge is 0.264 e. The van der Waals surface area contributed by atoms with Crippen LogP contribution in [-0.4, -0.2) is 21.3 Å². The molecule has 0 N–H and O–H groups in total. The van der Waals surface area contributed by atoms with Gasteiger partial charge in [-0.1, -0.05) is 18.2 Å². The van der Waals surface area contributed by atoms with E-state index in [1.165, 1.54) is 0 Å². The average molecular weight is 355 g/mol. The second-order valence-electron chi connectivity index (χ2n) is 5.79. The quantitative estimate of drug-likeness (QED) is 0.495. The minimum Gasteiger partial charge on any atom is -0.461 e. The summed E-state index contributed by atoms with van der Waals surface area (Å²) >= 11 is 0. The lowest BCUT2D eigenvalue weighted by Crippen LogP contribution is -2.04. The molecule has 0 aliphatic carbocycles. The largest absolute Gasteiger partial charge is 0.461 e. The van der Waals surface area contributed by atoms with E-state index in [9.17, 15) is 8.42 Å². The SMILES string of the molecule is CS(=O)(=O)OCCCc1cc2cc(-c3cccc(C#N)c3)ccc2o1. The molecule has 1 heterocycles. The molecule has 0 fully saturated rings. The van der Waals surface area contributed by atoms with Crippen LogP contribution in [0.5, 0.6) is 0 Å². The molecule has 0 radical (unpaired) electrons. The van der Waals surface area contributed by atoms with Crippen molar-refractivity contribution in [3.63, 3.8) is 0 Å². The normalized spacial score (nSPS) is 11.5. The van der Waals surface area contributed by atoms with Crippen molar-refractivity contribution in [2.45, 2.75) is 12.8 Å². The predicted octanol–water partition coefficient (Wildman–Crippen LogP) is 3.88. The molecule has 0 amide bonds. The van der Waals surface area contributed by atoms with E-state index < -0.39 is 10.1 Å².